The Morgan fingerprint density at radius 3 is 1.64 bits per heavy atom. The molecule has 0 aliphatic carbocycles. The number of hydrogen-bond donors (Lipinski definition) is 0. The number of thiophene rings is 1. The smallest absolute Gasteiger partial charge is 0.160 e. The van der Waals surface area contributed by atoms with Crippen molar-refractivity contribution in [3.63, 3.8) is 0 Å². The minimum atomic E-state index is 0.800. The maximum Gasteiger partial charge on any atom is 0.160 e. The number of aromatic nitrogens is 1. The van der Waals surface area contributed by atoms with Crippen LogP contribution in [0.25, 0.3) is 125 Å². The summed E-state index contributed by atoms with van der Waals surface area (Å²) in [5.74, 6) is 0. The van der Waals surface area contributed by atoms with Crippen LogP contribution in [0.5, 0.6) is 0 Å². The molecule has 5 nitrogen and oxygen atoms in total. The molecular formula is C78H49N3O2S. The topological polar surface area (TPSA) is 37.7 Å². The number of hydrogen-bond acceptors (Lipinski definition) is 5. The number of rotatable bonds is 10. The fraction of sp³-hybridized carbons (Fsp3) is 0. The zero-order valence-electron chi connectivity index (χ0n) is 45.4. The second kappa shape index (κ2) is 19.4. The number of para-hydroxylation sites is 6. The first-order valence-electron chi connectivity index (χ1n) is 28.5. The first-order valence-corrected chi connectivity index (χ1v) is 29.3. The van der Waals surface area contributed by atoms with Crippen LogP contribution in [0.4, 0.5) is 34.1 Å². The molecule has 0 bridgehead atoms. The summed E-state index contributed by atoms with van der Waals surface area (Å²) in [5, 5.41) is 9.14. The van der Waals surface area contributed by atoms with Gasteiger partial charge in [-0.2, -0.15) is 0 Å². The summed E-state index contributed by atoms with van der Waals surface area (Å²) < 4.78 is 18.4. The van der Waals surface area contributed by atoms with Crippen LogP contribution in [0, 0.1) is 0 Å². The van der Waals surface area contributed by atoms with E-state index in [1.807, 2.05) is 23.5 Å². The van der Waals surface area contributed by atoms with Gasteiger partial charge in [-0.05, 0) is 155 Å². The van der Waals surface area contributed by atoms with Crippen LogP contribution in [-0.2, 0) is 0 Å². The van der Waals surface area contributed by atoms with E-state index < -0.39 is 0 Å². The van der Waals surface area contributed by atoms with E-state index in [9.17, 15) is 0 Å². The van der Waals surface area contributed by atoms with Gasteiger partial charge in [-0.25, -0.2) is 0 Å². The van der Waals surface area contributed by atoms with Gasteiger partial charge >= 0.3 is 0 Å². The van der Waals surface area contributed by atoms with Crippen molar-refractivity contribution in [2.24, 2.45) is 0 Å². The molecule has 0 unspecified atom stereocenters. The molecule has 0 fully saturated rings. The Bertz CT molecular complexity index is 5360. The minimum Gasteiger partial charge on any atom is -0.456 e. The summed E-state index contributed by atoms with van der Waals surface area (Å²) in [6, 6.07) is 107. The van der Waals surface area contributed by atoms with Crippen molar-refractivity contribution in [1.82, 2.24) is 4.57 Å². The monoisotopic (exact) mass is 1090 g/mol. The fourth-order valence-electron chi connectivity index (χ4n) is 13.0. The van der Waals surface area contributed by atoms with E-state index in [1.165, 1.54) is 30.9 Å². The van der Waals surface area contributed by atoms with Crippen LogP contribution in [0.15, 0.2) is 306 Å². The predicted molar refractivity (Wildman–Crippen MR) is 354 cm³/mol. The summed E-state index contributed by atoms with van der Waals surface area (Å²) in [6.45, 7) is 0. The molecule has 13 aromatic carbocycles. The van der Waals surface area contributed by atoms with Crippen molar-refractivity contribution in [1.29, 1.82) is 0 Å². The number of benzene rings is 13. The van der Waals surface area contributed by atoms with Crippen LogP contribution < -0.4 is 9.80 Å². The van der Waals surface area contributed by atoms with Gasteiger partial charge in [0, 0.05) is 80.9 Å². The standard InChI is InChI=1S/C78H49N3O2S/c1-4-21-53(22-5-1)79(54-23-6-2-7-24-54)68-34-19-37-75-77(68)66-48-51(39-45-74(66)84-75)59-29-11-10-28-58(59)50-20-18-27-56(46-50)80(57-40-41-62-61-30-12-15-33-67(61)81(70(62)49-57)55-25-8-3-9-26-55)69-43-42-60(76-64-32-14-17-36-72(64)83-78(69)76)52-38-44-73-65(47-52)63-31-13-16-35-71(63)82-73/h1-49H. The maximum absolute atomic E-state index is 7.20. The van der Waals surface area contributed by atoms with Crippen molar-refractivity contribution in [3.05, 3.63) is 297 Å². The molecule has 6 heteroatoms. The molecular weight excluding hydrogens is 1040 g/mol. The van der Waals surface area contributed by atoms with Crippen molar-refractivity contribution >= 4 is 131 Å². The Kier molecular flexibility index (Phi) is 11.0. The average Bonchev–Trinajstić information content (AvgIpc) is 2.94. The molecule has 0 aliphatic rings. The van der Waals surface area contributed by atoms with E-state index in [4.69, 9.17) is 8.83 Å². The number of furan rings is 2. The van der Waals surface area contributed by atoms with Crippen LogP contribution >= 0.6 is 11.3 Å². The maximum atomic E-state index is 7.20. The average molecular weight is 1090 g/mol. The number of nitrogens with zero attached hydrogens (tertiary/aromatic N) is 3. The van der Waals surface area contributed by atoms with Gasteiger partial charge in [0.2, 0.25) is 0 Å². The normalized spacial score (nSPS) is 11.8. The first kappa shape index (κ1) is 47.8. The third-order valence-corrected chi connectivity index (χ3v) is 17.9. The van der Waals surface area contributed by atoms with Gasteiger partial charge in [0.25, 0.3) is 0 Å². The molecule has 0 saturated heterocycles. The first-order chi connectivity index (χ1) is 41.7. The summed E-state index contributed by atoms with van der Waals surface area (Å²) >= 11 is 1.85. The van der Waals surface area contributed by atoms with E-state index >= 15 is 0 Å². The molecule has 0 saturated carbocycles. The van der Waals surface area contributed by atoms with Gasteiger partial charge in [-0.15, -0.1) is 11.3 Å². The second-order valence-electron chi connectivity index (χ2n) is 21.5. The van der Waals surface area contributed by atoms with Crippen molar-refractivity contribution in [3.8, 4) is 39.1 Å². The SMILES string of the molecule is c1ccc(N(c2ccccc2)c2cccc3sc4ccc(-c5ccccc5-c5cccc(N(c6ccc7c8ccccc8n(-c8ccccc8)c7c6)c6ccc(-c7ccc8oc9ccccc9c8c7)c7c6oc6ccccc67)c5)cc4c23)cc1. The van der Waals surface area contributed by atoms with Gasteiger partial charge in [-0.1, -0.05) is 176 Å². The lowest BCUT2D eigenvalue weighted by Crippen LogP contribution is -2.11. The van der Waals surface area contributed by atoms with E-state index in [0.717, 1.165) is 128 Å². The third-order valence-electron chi connectivity index (χ3n) is 16.8. The van der Waals surface area contributed by atoms with E-state index in [0.29, 0.717) is 0 Å². The molecule has 0 aliphatic heterocycles. The quantitative estimate of drug-likeness (QED) is 0.137. The fourth-order valence-corrected chi connectivity index (χ4v) is 14.2. The van der Waals surface area contributed by atoms with Crippen LogP contribution in [0.1, 0.15) is 0 Å². The zero-order chi connectivity index (χ0) is 55.2. The van der Waals surface area contributed by atoms with Crippen molar-refractivity contribution < 1.29 is 8.83 Å². The molecule has 84 heavy (non-hydrogen) atoms. The van der Waals surface area contributed by atoms with Gasteiger partial charge in [0.1, 0.15) is 16.7 Å². The van der Waals surface area contributed by atoms with Crippen molar-refractivity contribution in [2.45, 2.75) is 0 Å². The highest BCUT2D eigenvalue weighted by Crippen LogP contribution is 2.50. The highest BCUT2D eigenvalue weighted by molar-refractivity contribution is 7.26. The summed E-state index contributed by atoms with van der Waals surface area (Å²) in [4.78, 5) is 4.79. The lowest BCUT2D eigenvalue weighted by atomic mass is 9.93. The highest BCUT2D eigenvalue weighted by atomic mass is 32.1. The molecule has 0 radical (unpaired) electrons. The number of fused-ring (bicyclic) bond motifs is 12. The van der Waals surface area contributed by atoms with Crippen LogP contribution in [0.3, 0.4) is 0 Å². The molecule has 17 aromatic rings. The van der Waals surface area contributed by atoms with Gasteiger partial charge in [0.05, 0.1) is 22.4 Å². The van der Waals surface area contributed by atoms with Gasteiger partial charge < -0.3 is 23.2 Å². The Balaban J connectivity index is 0.864. The van der Waals surface area contributed by atoms with E-state index in [2.05, 4.69) is 299 Å². The lowest BCUT2D eigenvalue weighted by Gasteiger charge is -2.27. The molecule has 0 atom stereocenters. The number of anilines is 6. The van der Waals surface area contributed by atoms with Gasteiger partial charge in [-0.3, -0.25) is 0 Å². The van der Waals surface area contributed by atoms with Crippen LogP contribution in [-0.4, -0.2) is 4.57 Å². The molecule has 0 amide bonds. The largest absolute Gasteiger partial charge is 0.456 e. The Morgan fingerprint density at radius 2 is 0.857 bits per heavy atom. The summed E-state index contributed by atoms with van der Waals surface area (Å²) in [6.07, 6.45) is 0. The Hall–Kier alpha value is -10.9. The van der Waals surface area contributed by atoms with E-state index in [-0.39, 0.29) is 0 Å². The lowest BCUT2D eigenvalue weighted by molar-refractivity contribution is 0.669. The Labute approximate surface area is 488 Å². The summed E-state index contributed by atoms with van der Waals surface area (Å²) in [7, 11) is 0. The van der Waals surface area contributed by atoms with Crippen molar-refractivity contribution in [2.75, 3.05) is 9.80 Å². The molecule has 0 spiro atoms. The zero-order valence-corrected chi connectivity index (χ0v) is 46.2. The molecule has 4 aromatic heterocycles. The highest BCUT2D eigenvalue weighted by Gasteiger charge is 2.26. The van der Waals surface area contributed by atoms with E-state index in [1.54, 1.807) is 0 Å². The third kappa shape index (κ3) is 7.69. The second-order valence-corrected chi connectivity index (χ2v) is 22.6. The predicted octanol–water partition coefficient (Wildman–Crippen LogP) is 22.9. The summed E-state index contributed by atoms with van der Waals surface area (Å²) in [5.41, 5.74) is 19.8. The van der Waals surface area contributed by atoms with Crippen LogP contribution in [0.2, 0.25) is 0 Å². The molecule has 4 heterocycles. The molecule has 17 rings (SSSR count). The minimum absolute atomic E-state index is 0.800. The molecule has 394 valence electrons. The van der Waals surface area contributed by atoms with Gasteiger partial charge in [0.15, 0.2) is 5.58 Å². The molecule has 0 N–H and O–H groups in total. The Morgan fingerprint density at radius 1 is 0.286 bits per heavy atom.